The Morgan fingerprint density at radius 3 is 1.60 bits per heavy atom. The topological polar surface area (TPSA) is 9.23 Å². The molecular weight excluding hydrogens is 379 g/mol. The van der Waals surface area contributed by atoms with Crippen molar-refractivity contribution in [2.45, 2.75) is 0 Å². The van der Waals surface area contributed by atoms with Gasteiger partial charge in [-0.25, -0.2) is 26.3 Å². The molecule has 0 saturated carbocycles. The number of rotatable bonds is 4. The van der Waals surface area contributed by atoms with E-state index in [1.165, 1.54) is 9.24 Å². The van der Waals surface area contributed by atoms with Crippen LogP contribution in [0.1, 0.15) is 0 Å². The normalized spacial score (nSPS) is 10.9. The third-order valence-electron chi connectivity index (χ3n) is 3.12. The lowest BCUT2D eigenvalue weighted by molar-refractivity contribution is 0.302. The lowest BCUT2D eigenvalue weighted by atomic mass is 10.0. The van der Waals surface area contributed by atoms with Crippen molar-refractivity contribution in [2.24, 2.45) is 0 Å². The van der Waals surface area contributed by atoms with E-state index >= 15 is 0 Å². The predicted octanol–water partition coefficient (Wildman–Crippen LogP) is 4.53. The Bertz CT molecular complexity index is 823. The quantitative estimate of drug-likeness (QED) is 0.247. The molecule has 0 heterocycles. The summed E-state index contributed by atoms with van der Waals surface area (Å²) in [5, 5.41) is -1.21. The average molecular weight is 386 g/mol. The fourth-order valence-electron chi connectivity index (χ4n) is 1.97. The number of hydrogen-bond donors (Lipinski definition) is 0. The summed E-state index contributed by atoms with van der Waals surface area (Å²) in [5.41, 5.74) is -3.68. The van der Waals surface area contributed by atoms with Crippen LogP contribution >= 0.6 is 9.24 Å². The highest BCUT2D eigenvalue weighted by molar-refractivity contribution is 7.27. The van der Waals surface area contributed by atoms with Crippen molar-refractivity contribution in [3.63, 3.8) is 0 Å². The molecule has 0 aromatic heterocycles. The molecule has 0 N–H and O–H groups in total. The first-order chi connectivity index (χ1) is 11.6. The van der Waals surface area contributed by atoms with Crippen LogP contribution in [-0.4, -0.2) is 6.61 Å². The molecule has 134 valence electrons. The van der Waals surface area contributed by atoms with Gasteiger partial charge in [0.25, 0.3) is 0 Å². The molecule has 2 aromatic rings. The molecule has 1 nitrogen and oxygen atoms in total. The first kappa shape index (κ1) is 19.2. The maximum Gasteiger partial charge on any atom is 0.204 e. The molecule has 1 atom stereocenters. The molecule has 25 heavy (non-hydrogen) atoms. The molecule has 2 rings (SSSR count). The van der Waals surface area contributed by atoms with Crippen molar-refractivity contribution in [3.8, 4) is 16.9 Å². The molecule has 0 spiro atoms. The molecule has 1 unspecified atom stereocenters. The smallest absolute Gasteiger partial charge is 0.204 e. The van der Waals surface area contributed by atoms with Crippen molar-refractivity contribution >= 4 is 14.5 Å². The third kappa shape index (κ3) is 2.97. The molecule has 0 bridgehead atoms. The number of benzene rings is 2. The summed E-state index contributed by atoms with van der Waals surface area (Å²) < 4.78 is 115. The van der Waals surface area contributed by atoms with Crippen LogP contribution in [0, 0.1) is 46.5 Å². The summed E-state index contributed by atoms with van der Waals surface area (Å²) in [4.78, 5) is 0. The second-order valence-corrected chi connectivity index (χ2v) is 5.18. The summed E-state index contributed by atoms with van der Waals surface area (Å²) in [7, 11) is 1.35. The molecule has 2 aromatic carbocycles. The van der Waals surface area contributed by atoms with Crippen LogP contribution in [0.25, 0.3) is 11.1 Å². The number of hydrogen-bond acceptors (Lipinski definition) is 1. The van der Waals surface area contributed by atoms with E-state index in [9.17, 15) is 35.1 Å². The van der Waals surface area contributed by atoms with Gasteiger partial charge in [0.05, 0.1) is 11.1 Å². The van der Waals surface area contributed by atoms with E-state index in [0.29, 0.717) is 0 Å². The van der Waals surface area contributed by atoms with Gasteiger partial charge >= 0.3 is 0 Å². The Morgan fingerprint density at radius 1 is 0.680 bits per heavy atom. The minimum Gasteiger partial charge on any atom is -0.483 e. The van der Waals surface area contributed by atoms with Gasteiger partial charge in [-0.05, 0) is 0 Å². The van der Waals surface area contributed by atoms with Crippen molar-refractivity contribution in [1.82, 2.24) is 0 Å². The highest BCUT2D eigenvalue weighted by Gasteiger charge is 2.33. The van der Waals surface area contributed by atoms with E-state index in [2.05, 4.69) is 11.3 Å². The van der Waals surface area contributed by atoms with Crippen molar-refractivity contribution in [3.05, 3.63) is 59.2 Å². The van der Waals surface area contributed by atoms with Crippen LogP contribution in [0.5, 0.6) is 5.75 Å². The zero-order valence-corrected chi connectivity index (χ0v) is 13.2. The fraction of sp³-hybridized carbons (Fsp3) is 0.0667. The van der Waals surface area contributed by atoms with Gasteiger partial charge in [0.1, 0.15) is 12.4 Å². The lowest BCUT2D eigenvalue weighted by Gasteiger charge is -2.15. The van der Waals surface area contributed by atoms with Gasteiger partial charge in [-0.1, -0.05) is 21.9 Å². The summed E-state index contributed by atoms with van der Waals surface area (Å²) in [6.45, 7) is 2.63. The summed E-state index contributed by atoms with van der Waals surface area (Å²) in [6, 6.07) is 0. The van der Waals surface area contributed by atoms with Gasteiger partial charge in [0.15, 0.2) is 34.8 Å². The molecule has 0 saturated heterocycles. The highest BCUT2D eigenvalue weighted by atomic mass is 31.0. The van der Waals surface area contributed by atoms with Crippen molar-refractivity contribution in [1.29, 1.82) is 0 Å². The van der Waals surface area contributed by atoms with Gasteiger partial charge in [-0.3, -0.25) is 0 Å². The van der Waals surface area contributed by atoms with Crippen LogP contribution in [0.4, 0.5) is 35.1 Å². The van der Waals surface area contributed by atoms with E-state index in [0.717, 1.165) is 6.08 Å². The molecule has 0 fully saturated rings. The molecule has 0 aliphatic heterocycles. The number of ether oxygens (including phenoxy) is 1. The Labute approximate surface area is 138 Å². The average Bonchev–Trinajstić information content (AvgIpc) is 2.59. The zero-order chi connectivity index (χ0) is 19.0. The minimum absolute atomic E-state index is 0.532. The highest BCUT2D eigenvalue weighted by Crippen LogP contribution is 2.38. The summed E-state index contributed by atoms with van der Waals surface area (Å²) >= 11 is 0. The molecular formula is C15H7F8OP. The van der Waals surface area contributed by atoms with E-state index in [1.54, 1.807) is 0 Å². The maximum absolute atomic E-state index is 14.1. The van der Waals surface area contributed by atoms with Gasteiger partial charge < -0.3 is 4.74 Å². The van der Waals surface area contributed by atoms with E-state index in [4.69, 9.17) is 0 Å². The second-order valence-electron chi connectivity index (χ2n) is 4.60. The molecule has 0 aliphatic carbocycles. The first-order valence-corrected chi connectivity index (χ1v) is 6.94. The van der Waals surface area contributed by atoms with Gasteiger partial charge in [0.2, 0.25) is 11.6 Å². The monoisotopic (exact) mass is 386 g/mol. The summed E-state index contributed by atoms with van der Waals surface area (Å²) in [6.07, 6.45) is 1.01. The van der Waals surface area contributed by atoms with Crippen LogP contribution in [0.3, 0.4) is 0 Å². The van der Waals surface area contributed by atoms with Gasteiger partial charge in [0, 0.05) is 5.30 Å². The molecule has 0 radical (unpaired) electrons. The zero-order valence-electron chi connectivity index (χ0n) is 12.0. The Morgan fingerprint density at radius 2 is 1.12 bits per heavy atom. The maximum atomic E-state index is 14.1. The van der Waals surface area contributed by atoms with Crippen LogP contribution < -0.4 is 10.0 Å². The first-order valence-electron chi connectivity index (χ1n) is 6.36. The standard InChI is InChI=1S/C15H7F8OP/c1-2-3-24-14-11(21)7(17)4(8(18)12(14)22)5-6(16)10(20)13(23)15(25)9(5)19/h2H,1,3,25H2. The van der Waals surface area contributed by atoms with E-state index in [1.807, 2.05) is 0 Å². The van der Waals surface area contributed by atoms with Crippen molar-refractivity contribution in [2.75, 3.05) is 6.61 Å². The Hall–Kier alpha value is -2.15. The SMILES string of the molecule is C=CCOc1c(F)c(F)c(-c2c(F)c(F)c(F)c(P)c2F)c(F)c1F. The van der Waals surface area contributed by atoms with Crippen LogP contribution in [0.2, 0.25) is 0 Å². The fourth-order valence-corrected chi connectivity index (χ4v) is 2.24. The van der Waals surface area contributed by atoms with E-state index < -0.39 is 75.3 Å². The van der Waals surface area contributed by atoms with Gasteiger partial charge in [-0.2, -0.15) is 8.78 Å². The minimum atomic E-state index is -2.35. The number of halogens is 8. The van der Waals surface area contributed by atoms with Crippen LogP contribution in [-0.2, 0) is 0 Å². The van der Waals surface area contributed by atoms with E-state index in [-0.39, 0.29) is 0 Å². The Balaban J connectivity index is 2.89. The third-order valence-corrected chi connectivity index (χ3v) is 3.62. The summed E-state index contributed by atoms with van der Waals surface area (Å²) in [5.74, 6) is -18.7. The predicted molar refractivity (Wildman–Crippen MR) is 76.6 cm³/mol. The Kier molecular flexibility index (Phi) is 5.37. The largest absolute Gasteiger partial charge is 0.483 e. The van der Waals surface area contributed by atoms with Crippen molar-refractivity contribution < 1.29 is 39.9 Å². The molecule has 0 aliphatic rings. The molecule has 0 amide bonds. The van der Waals surface area contributed by atoms with Crippen LogP contribution in [0.15, 0.2) is 12.7 Å². The molecule has 10 heteroatoms. The lowest BCUT2D eigenvalue weighted by Crippen LogP contribution is -2.15. The van der Waals surface area contributed by atoms with Gasteiger partial charge in [-0.15, -0.1) is 0 Å². The second kappa shape index (κ2) is 7.00.